The maximum absolute atomic E-state index is 3.99. The van der Waals surface area contributed by atoms with Gasteiger partial charge in [0.2, 0.25) is 3.83 Å². The van der Waals surface area contributed by atoms with Crippen LogP contribution in [0.15, 0.2) is 0 Å². The summed E-state index contributed by atoms with van der Waals surface area (Å²) in [5.41, 5.74) is 0. The van der Waals surface area contributed by atoms with Crippen molar-refractivity contribution in [1.82, 2.24) is 20.2 Å². The lowest BCUT2D eigenvalue weighted by Crippen LogP contribution is -2.04. The van der Waals surface area contributed by atoms with Crippen LogP contribution in [0.3, 0.4) is 0 Å². The van der Waals surface area contributed by atoms with Crippen LogP contribution in [0.25, 0.3) is 0 Å². The minimum atomic E-state index is 0.306. The van der Waals surface area contributed by atoms with Crippen molar-refractivity contribution in [2.75, 3.05) is 0 Å². The summed E-state index contributed by atoms with van der Waals surface area (Å²) in [5, 5.41) is 11.5. The van der Waals surface area contributed by atoms with Gasteiger partial charge in [0.1, 0.15) is 0 Å². The number of rotatable bonds is 1. The molecule has 0 aliphatic carbocycles. The van der Waals surface area contributed by atoms with Gasteiger partial charge in [-0.2, -0.15) is 4.80 Å². The number of hydrogen-bond donors (Lipinski definition) is 0. The fourth-order valence-corrected chi connectivity index (χ4v) is 0.744. The molecule has 4 nitrogen and oxygen atoms in total. The summed E-state index contributed by atoms with van der Waals surface area (Å²) in [5.74, 6) is 0. The van der Waals surface area contributed by atoms with Crippen LogP contribution in [0.5, 0.6) is 0 Å². The molecule has 0 bridgehead atoms. The lowest BCUT2D eigenvalue weighted by molar-refractivity contribution is 0.454. The molecule has 1 rings (SSSR count). The molecule has 0 radical (unpaired) electrons. The third-order valence-corrected chi connectivity index (χ3v) is 1.30. The molecule has 0 amide bonds. The zero-order valence-corrected chi connectivity index (χ0v) is 7.40. The Morgan fingerprint density at radius 3 is 2.44 bits per heavy atom. The van der Waals surface area contributed by atoms with Gasteiger partial charge in [-0.15, -0.1) is 10.2 Å². The molecule has 0 fully saturated rings. The zero-order valence-electron chi connectivity index (χ0n) is 5.24. The highest BCUT2D eigenvalue weighted by Crippen LogP contribution is 1.98. The largest absolute Gasteiger partial charge is 0.234 e. The van der Waals surface area contributed by atoms with E-state index in [0.29, 0.717) is 9.87 Å². The molecule has 9 heavy (non-hydrogen) atoms. The summed E-state index contributed by atoms with van der Waals surface area (Å²) in [7, 11) is 0. The Labute approximate surface area is 66.8 Å². The maximum atomic E-state index is 3.99. The van der Waals surface area contributed by atoms with E-state index in [-0.39, 0.29) is 0 Å². The molecule has 50 valence electrons. The fraction of sp³-hybridized carbons (Fsp3) is 0.750. The minimum absolute atomic E-state index is 0.306. The minimum Gasteiger partial charge on any atom is -0.161 e. The first-order chi connectivity index (χ1) is 4.20. The Morgan fingerprint density at radius 1 is 1.56 bits per heavy atom. The van der Waals surface area contributed by atoms with Gasteiger partial charge in [0, 0.05) is 22.6 Å². The van der Waals surface area contributed by atoms with Crippen molar-refractivity contribution < 1.29 is 0 Å². The normalized spacial score (nSPS) is 10.7. The highest BCUT2D eigenvalue weighted by atomic mass is 127. The van der Waals surface area contributed by atoms with E-state index in [4.69, 9.17) is 0 Å². The number of aromatic nitrogens is 4. The third kappa shape index (κ3) is 1.60. The van der Waals surface area contributed by atoms with Crippen LogP contribution < -0.4 is 0 Å². The number of halogens is 1. The summed E-state index contributed by atoms with van der Waals surface area (Å²) in [4.78, 5) is 1.59. The smallest absolute Gasteiger partial charge is 0.161 e. The molecular weight excluding hydrogens is 231 g/mol. The Hall–Kier alpha value is -0.200. The van der Waals surface area contributed by atoms with Gasteiger partial charge in [-0.05, 0) is 19.1 Å². The molecule has 1 heterocycles. The summed E-state index contributed by atoms with van der Waals surface area (Å²) in [6.07, 6.45) is 0. The van der Waals surface area contributed by atoms with Crippen molar-refractivity contribution in [2.45, 2.75) is 19.9 Å². The van der Waals surface area contributed by atoms with E-state index in [2.05, 4.69) is 15.4 Å². The van der Waals surface area contributed by atoms with E-state index in [0.717, 1.165) is 0 Å². The summed E-state index contributed by atoms with van der Waals surface area (Å²) >= 11 is 2.03. The molecule has 0 saturated carbocycles. The van der Waals surface area contributed by atoms with Gasteiger partial charge in [-0.25, -0.2) is 0 Å². The lowest BCUT2D eigenvalue weighted by Gasteiger charge is -1.97. The van der Waals surface area contributed by atoms with E-state index in [1.165, 1.54) is 0 Å². The molecule has 0 aromatic carbocycles. The average molecular weight is 238 g/mol. The van der Waals surface area contributed by atoms with Crippen molar-refractivity contribution >= 4 is 22.6 Å². The number of hydrogen-bond acceptors (Lipinski definition) is 3. The SMILES string of the molecule is CC(C)n1nnc(I)n1. The first kappa shape index (κ1) is 6.91. The third-order valence-electron chi connectivity index (χ3n) is 0.866. The van der Waals surface area contributed by atoms with Crippen molar-refractivity contribution in [3.05, 3.63) is 3.83 Å². The second-order valence-electron chi connectivity index (χ2n) is 1.97. The first-order valence-electron chi connectivity index (χ1n) is 2.65. The van der Waals surface area contributed by atoms with Crippen LogP contribution in [-0.4, -0.2) is 20.2 Å². The van der Waals surface area contributed by atoms with E-state index in [1.807, 2.05) is 36.4 Å². The molecule has 0 N–H and O–H groups in total. The van der Waals surface area contributed by atoms with Crippen molar-refractivity contribution in [3.63, 3.8) is 0 Å². The van der Waals surface area contributed by atoms with Gasteiger partial charge in [0.15, 0.2) is 0 Å². The van der Waals surface area contributed by atoms with Crippen molar-refractivity contribution in [3.8, 4) is 0 Å². The van der Waals surface area contributed by atoms with Gasteiger partial charge in [-0.1, -0.05) is 0 Å². The molecular formula is C4H7IN4. The quantitative estimate of drug-likeness (QED) is 0.681. The lowest BCUT2D eigenvalue weighted by atomic mass is 10.4. The highest BCUT2D eigenvalue weighted by Gasteiger charge is 2.00. The Bertz CT molecular complexity index is 194. The summed E-state index contributed by atoms with van der Waals surface area (Å²) in [6, 6.07) is 0.306. The molecule has 0 atom stereocenters. The Morgan fingerprint density at radius 2 is 2.22 bits per heavy atom. The molecule has 0 spiro atoms. The van der Waals surface area contributed by atoms with Crippen molar-refractivity contribution in [2.24, 2.45) is 0 Å². The predicted octanol–water partition coefficient (Wildman–Crippen LogP) is 0.859. The van der Waals surface area contributed by atoms with Gasteiger partial charge in [-0.3, -0.25) is 0 Å². The van der Waals surface area contributed by atoms with Crippen LogP contribution in [-0.2, 0) is 0 Å². The first-order valence-corrected chi connectivity index (χ1v) is 3.73. The Kier molecular flexibility index (Phi) is 1.99. The van der Waals surface area contributed by atoms with Crippen LogP contribution in [0.4, 0.5) is 0 Å². The summed E-state index contributed by atoms with van der Waals surface area (Å²) in [6.45, 7) is 4.02. The number of nitrogens with zero attached hydrogens (tertiary/aromatic N) is 4. The van der Waals surface area contributed by atoms with Crippen LogP contribution in [0, 0.1) is 3.83 Å². The predicted molar refractivity (Wildman–Crippen MR) is 40.9 cm³/mol. The molecule has 0 aliphatic heterocycles. The monoisotopic (exact) mass is 238 g/mol. The van der Waals surface area contributed by atoms with E-state index < -0.39 is 0 Å². The van der Waals surface area contributed by atoms with Crippen LogP contribution >= 0.6 is 22.6 Å². The highest BCUT2D eigenvalue weighted by molar-refractivity contribution is 14.1. The second kappa shape index (κ2) is 2.59. The van der Waals surface area contributed by atoms with E-state index in [9.17, 15) is 0 Å². The van der Waals surface area contributed by atoms with Gasteiger partial charge in [0.05, 0.1) is 6.04 Å². The van der Waals surface area contributed by atoms with E-state index >= 15 is 0 Å². The van der Waals surface area contributed by atoms with Crippen molar-refractivity contribution in [1.29, 1.82) is 0 Å². The van der Waals surface area contributed by atoms with Gasteiger partial charge >= 0.3 is 0 Å². The molecule has 0 unspecified atom stereocenters. The topological polar surface area (TPSA) is 43.6 Å². The molecule has 0 aliphatic rings. The molecule has 5 heteroatoms. The maximum Gasteiger partial charge on any atom is 0.234 e. The second-order valence-corrected chi connectivity index (χ2v) is 2.94. The summed E-state index contributed by atoms with van der Waals surface area (Å²) < 4.78 is 0.696. The average Bonchev–Trinajstić information content (AvgIpc) is 2.14. The zero-order chi connectivity index (χ0) is 6.85. The molecule has 1 aromatic heterocycles. The van der Waals surface area contributed by atoms with Gasteiger partial charge < -0.3 is 0 Å². The van der Waals surface area contributed by atoms with E-state index in [1.54, 1.807) is 4.80 Å². The Balaban J connectivity index is 2.85. The van der Waals surface area contributed by atoms with Gasteiger partial charge in [0.25, 0.3) is 0 Å². The molecule has 0 saturated heterocycles. The number of tetrazole rings is 1. The van der Waals surface area contributed by atoms with Crippen LogP contribution in [0.1, 0.15) is 19.9 Å². The fourth-order valence-electron chi connectivity index (χ4n) is 0.426. The van der Waals surface area contributed by atoms with Crippen LogP contribution in [0.2, 0.25) is 0 Å². The molecule has 1 aromatic rings. The standard InChI is InChI=1S/C4H7IN4/c1-3(2)9-7-4(5)6-8-9/h3H,1-2H3.